The first-order chi connectivity index (χ1) is 11.5. The van der Waals surface area contributed by atoms with Gasteiger partial charge in [-0.1, -0.05) is 13.8 Å². The molecule has 134 valence electrons. The van der Waals surface area contributed by atoms with E-state index in [1.165, 1.54) is 59.2 Å². The van der Waals surface area contributed by atoms with Crippen molar-refractivity contribution in [2.24, 2.45) is 0 Å². The first-order valence-electron chi connectivity index (χ1n) is 9.12. The highest BCUT2D eigenvalue weighted by Gasteiger charge is 2.28. The van der Waals surface area contributed by atoms with Crippen molar-refractivity contribution in [2.75, 3.05) is 51.2 Å². The summed E-state index contributed by atoms with van der Waals surface area (Å²) in [5.74, 6) is 0.551. The quantitative estimate of drug-likeness (QED) is 0.657. The Labute approximate surface area is 163 Å². The van der Waals surface area contributed by atoms with Gasteiger partial charge in [-0.15, -0.1) is 0 Å². The molecule has 2 heterocycles. The van der Waals surface area contributed by atoms with Crippen LogP contribution in [0.25, 0.3) is 0 Å². The third kappa shape index (κ3) is 4.17. The number of anilines is 1. The Hall–Kier alpha value is -0.100. The molecule has 0 aliphatic carbocycles. The molecule has 2 aliphatic heterocycles. The van der Waals surface area contributed by atoms with Gasteiger partial charge in [0.15, 0.2) is 0 Å². The largest absolute Gasteiger partial charge is 0.370 e. The highest BCUT2D eigenvalue weighted by Crippen LogP contribution is 2.38. The maximum Gasteiger partial charge on any atom is 0.0655 e. The Morgan fingerprint density at radius 2 is 1.46 bits per heavy atom. The van der Waals surface area contributed by atoms with Gasteiger partial charge in [0.1, 0.15) is 0 Å². The van der Waals surface area contributed by atoms with Crippen LogP contribution in [0.3, 0.4) is 0 Å². The molecule has 3 rings (SSSR count). The van der Waals surface area contributed by atoms with E-state index in [0.29, 0.717) is 5.92 Å². The van der Waals surface area contributed by atoms with Gasteiger partial charge in [0.2, 0.25) is 0 Å². The molecule has 0 spiro atoms. The molecule has 0 N–H and O–H groups in total. The summed E-state index contributed by atoms with van der Waals surface area (Å²) in [5, 5.41) is 0. The number of piperidine rings is 1. The van der Waals surface area contributed by atoms with E-state index in [9.17, 15) is 0 Å². The number of benzene rings is 1. The standard InChI is InChI=1S/C19H29Br2N3/c1-14(2)15-12-17(20)19(18(21)13-15)24-6-4-16(5-7-24)23-10-8-22(3)9-11-23/h12-14,16H,4-11H2,1-3H3. The topological polar surface area (TPSA) is 9.72 Å². The van der Waals surface area contributed by atoms with E-state index in [-0.39, 0.29) is 0 Å². The average Bonchev–Trinajstić information content (AvgIpc) is 2.55. The van der Waals surface area contributed by atoms with Gasteiger partial charge in [-0.05, 0) is 75.4 Å². The molecule has 0 atom stereocenters. The van der Waals surface area contributed by atoms with Crippen LogP contribution in [-0.4, -0.2) is 62.2 Å². The normalized spacial score (nSPS) is 21.7. The van der Waals surface area contributed by atoms with Crippen molar-refractivity contribution < 1.29 is 0 Å². The molecule has 1 aromatic carbocycles. The summed E-state index contributed by atoms with van der Waals surface area (Å²) in [6.07, 6.45) is 2.54. The SMILES string of the molecule is CC(C)c1cc(Br)c(N2CCC(N3CCN(C)CC3)CC2)c(Br)c1. The maximum absolute atomic E-state index is 3.81. The van der Waals surface area contributed by atoms with Gasteiger partial charge in [0, 0.05) is 54.3 Å². The molecule has 2 saturated heterocycles. The highest BCUT2D eigenvalue weighted by atomic mass is 79.9. The fourth-order valence-electron chi connectivity index (χ4n) is 3.86. The van der Waals surface area contributed by atoms with E-state index in [4.69, 9.17) is 0 Å². The number of rotatable bonds is 3. The van der Waals surface area contributed by atoms with Crippen LogP contribution in [0.5, 0.6) is 0 Å². The molecule has 3 nitrogen and oxygen atoms in total. The van der Waals surface area contributed by atoms with Gasteiger partial charge in [-0.3, -0.25) is 4.90 Å². The number of hydrogen-bond donors (Lipinski definition) is 0. The van der Waals surface area contributed by atoms with Crippen LogP contribution < -0.4 is 4.90 Å². The van der Waals surface area contributed by atoms with Crippen molar-refractivity contribution in [3.05, 3.63) is 26.6 Å². The van der Waals surface area contributed by atoms with Crippen LogP contribution in [0.1, 0.15) is 38.2 Å². The van der Waals surface area contributed by atoms with Crippen molar-refractivity contribution in [3.8, 4) is 0 Å². The Bertz CT molecular complexity index is 537. The van der Waals surface area contributed by atoms with E-state index in [2.05, 4.69) is 79.6 Å². The molecule has 2 fully saturated rings. The molecule has 0 aromatic heterocycles. The van der Waals surface area contributed by atoms with E-state index in [1.54, 1.807) is 0 Å². The lowest BCUT2D eigenvalue weighted by atomic mass is 10.00. The Morgan fingerprint density at radius 1 is 0.917 bits per heavy atom. The lowest BCUT2D eigenvalue weighted by Crippen LogP contribution is -2.52. The molecule has 1 aromatic rings. The van der Waals surface area contributed by atoms with Crippen LogP contribution in [0.4, 0.5) is 5.69 Å². The second-order valence-electron chi connectivity index (χ2n) is 7.55. The smallest absolute Gasteiger partial charge is 0.0655 e. The van der Waals surface area contributed by atoms with Crippen LogP contribution in [0.2, 0.25) is 0 Å². The Morgan fingerprint density at radius 3 is 1.96 bits per heavy atom. The molecule has 2 aliphatic rings. The van der Waals surface area contributed by atoms with Crippen LogP contribution >= 0.6 is 31.9 Å². The summed E-state index contributed by atoms with van der Waals surface area (Å²) in [6, 6.07) is 5.34. The molecular weight excluding hydrogens is 430 g/mol. The van der Waals surface area contributed by atoms with E-state index in [0.717, 1.165) is 19.1 Å². The number of halogens is 2. The van der Waals surface area contributed by atoms with Gasteiger partial charge < -0.3 is 9.80 Å². The van der Waals surface area contributed by atoms with Crippen LogP contribution in [0.15, 0.2) is 21.1 Å². The zero-order chi connectivity index (χ0) is 17.3. The molecule has 5 heteroatoms. The van der Waals surface area contributed by atoms with Crippen molar-refractivity contribution in [2.45, 2.75) is 38.6 Å². The Kier molecular flexibility index (Phi) is 6.28. The third-order valence-corrected chi connectivity index (χ3v) is 6.75. The summed E-state index contributed by atoms with van der Waals surface area (Å²) >= 11 is 7.63. The predicted molar refractivity (Wildman–Crippen MR) is 110 cm³/mol. The van der Waals surface area contributed by atoms with Gasteiger partial charge in [0.05, 0.1) is 5.69 Å². The molecular formula is C19H29Br2N3. The Balaban J connectivity index is 1.64. The number of piperazine rings is 1. The minimum atomic E-state index is 0.551. The number of nitrogens with zero attached hydrogens (tertiary/aromatic N) is 3. The minimum Gasteiger partial charge on any atom is -0.370 e. The predicted octanol–water partition coefficient (Wildman–Crippen LogP) is 4.55. The van der Waals surface area contributed by atoms with Gasteiger partial charge in [-0.25, -0.2) is 0 Å². The highest BCUT2D eigenvalue weighted by molar-refractivity contribution is 9.11. The molecule has 0 amide bonds. The molecule has 0 bridgehead atoms. The summed E-state index contributed by atoms with van der Waals surface area (Å²) in [6.45, 7) is 11.7. The molecule has 0 saturated carbocycles. The van der Waals surface area contributed by atoms with Crippen molar-refractivity contribution >= 4 is 37.5 Å². The first-order valence-corrected chi connectivity index (χ1v) is 10.7. The van der Waals surface area contributed by atoms with E-state index in [1.807, 2.05) is 0 Å². The molecule has 0 radical (unpaired) electrons. The molecule has 0 unspecified atom stereocenters. The van der Waals surface area contributed by atoms with Crippen LogP contribution in [0, 0.1) is 0 Å². The monoisotopic (exact) mass is 457 g/mol. The third-order valence-electron chi connectivity index (χ3n) is 5.54. The zero-order valence-electron chi connectivity index (χ0n) is 15.1. The van der Waals surface area contributed by atoms with Crippen molar-refractivity contribution in [1.82, 2.24) is 9.80 Å². The molecule has 24 heavy (non-hydrogen) atoms. The second-order valence-corrected chi connectivity index (χ2v) is 9.25. The van der Waals surface area contributed by atoms with Gasteiger partial charge in [0.25, 0.3) is 0 Å². The first kappa shape index (κ1) is 18.7. The van der Waals surface area contributed by atoms with Crippen molar-refractivity contribution in [3.63, 3.8) is 0 Å². The minimum absolute atomic E-state index is 0.551. The van der Waals surface area contributed by atoms with Gasteiger partial charge in [-0.2, -0.15) is 0 Å². The van der Waals surface area contributed by atoms with Gasteiger partial charge >= 0.3 is 0 Å². The summed E-state index contributed by atoms with van der Waals surface area (Å²) in [7, 11) is 2.23. The zero-order valence-corrected chi connectivity index (χ0v) is 18.2. The summed E-state index contributed by atoms with van der Waals surface area (Å²) in [5.41, 5.74) is 2.71. The van der Waals surface area contributed by atoms with Crippen molar-refractivity contribution in [1.29, 1.82) is 0 Å². The maximum atomic E-state index is 3.81. The second kappa shape index (κ2) is 8.07. The lowest BCUT2D eigenvalue weighted by molar-refractivity contribution is 0.0982. The summed E-state index contributed by atoms with van der Waals surface area (Å²) < 4.78 is 2.44. The number of likely N-dealkylation sites (N-methyl/N-ethyl adjacent to an activating group) is 1. The van der Waals surface area contributed by atoms with Crippen LogP contribution in [-0.2, 0) is 0 Å². The average molecular weight is 459 g/mol. The lowest BCUT2D eigenvalue weighted by Gasteiger charge is -2.43. The fraction of sp³-hybridized carbons (Fsp3) is 0.684. The summed E-state index contributed by atoms with van der Waals surface area (Å²) in [4.78, 5) is 7.70. The van der Waals surface area contributed by atoms with E-state index >= 15 is 0 Å². The van der Waals surface area contributed by atoms with E-state index < -0.39 is 0 Å². The number of hydrogen-bond acceptors (Lipinski definition) is 3. The fourth-order valence-corrected chi connectivity index (χ4v) is 5.59.